The molecule has 2 aromatic rings. The largest absolute Gasteiger partial charge is 0.292 e. The van der Waals surface area contributed by atoms with Crippen LogP contribution in [0.1, 0.15) is 28.8 Å². The molecule has 0 aliphatic carbocycles. The molecule has 0 amide bonds. The van der Waals surface area contributed by atoms with E-state index >= 15 is 0 Å². The van der Waals surface area contributed by atoms with Crippen LogP contribution >= 0.6 is 0 Å². The Labute approximate surface area is 136 Å². The lowest BCUT2D eigenvalue weighted by molar-refractivity contribution is 0.0918. The van der Waals surface area contributed by atoms with Crippen LogP contribution in [0.25, 0.3) is 0 Å². The van der Waals surface area contributed by atoms with Gasteiger partial charge < -0.3 is 0 Å². The summed E-state index contributed by atoms with van der Waals surface area (Å²) in [7, 11) is -3.64. The maximum absolute atomic E-state index is 12.8. The molecule has 1 saturated heterocycles. The molecule has 2 aromatic carbocycles. The number of sulfonamides is 1. The molecule has 120 valence electrons. The number of carbonyl (C=O) groups excluding carboxylic acids is 1. The van der Waals surface area contributed by atoms with Crippen molar-refractivity contribution in [2.75, 3.05) is 6.54 Å². The average Bonchev–Trinajstić information content (AvgIpc) is 3.06. The van der Waals surface area contributed by atoms with Crippen LogP contribution in [0.15, 0.2) is 59.5 Å². The Hall–Kier alpha value is -1.98. The summed E-state index contributed by atoms with van der Waals surface area (Å²) >= 11 is 0. The van der Waals surface area contributed by atoms with E-state index < -0.39 is 16.1 Å². The molecule has 1 fully saturated rings. The van der Waals surface area contributed by atoms with Crippen LogP contribution in [0.2, 0.25) is 0 Å². The fourth-order valence-corrected chi connectivity index (χ4v) is 4.61. The van der Waals surface area contributed by atoms with Crippen molar-refractivity contribution >= 4 is 15.8 Å². The van der Waals surface area contributed by atoms with Gasteiger partial charge in [-0.15, -0.1) is 0 Å². The number of Topliss-reactive ketones (excluding diaryl/α,β-unsaturated/α-hetero) is 1. The highest BCUT2D eigenvalue weighted by molar-refractivity contribution is 7.89. The van der Waals surface area contributed by atoms with Gasteiger partial charge in [0.1, 0.15) is 0 Å². The van der Waals surface area contributed by atoms with E-state index in [-0.39, 0.29) is 10.7 Å². The van der Waals surface area contributed by atoms with Crippen LogP contribution in [0.5, 0.6) is 0 Å². The molecule has 23 heavy (non-hydrogen) atoms. The van der Waals surface area contributed by atoms with Crippen molar-refractivity contribution in [1.82, 2.24) is 4.31 Å². The molecule has 0 N–H and O–H groups in total. The third kappa shape index (κ3) is 3.07. The van der Waals surface area contributed by atoms with Crippen molar-refractivity contribution in [3.8, 4) is 0 Å². The van der Waals surface area contributed by atoms with Gasteiger partial charge in [0.05, 0.1) is 10.9 Å². The number of aryl methyl sites for hydroxylation is 1. The second-order valence-electron chi connectivity index (χ2n) is 5.82. The molecule has 1 aliphatic heterocycles. The predicted molar refractivity (Wildman–Crippen MR) is 88.9 cm³/mol. The van der Waals surface area contributed by atoms with Crippen LogP contribution < -0.4 is 0 Å². The first-order valence-electron chi connectivity index (χ1n) is 7.68. The minimum absolute atomic E-state index is 0.123. The normalized spacial score (nSPS) is 18.9. The highest BCUT2D eigenvalue weighted by Gasteiger charge is 2.39. The van der Waals surface area contributed by atoms with Gasteiger partial charge in [-0.1, -0.05) is 48.0 Å². The van der Waals surface area contributed by atoms with Gasteiger partial charge in [-0.3, -0.25) is 4.79 Å². The molecule has 0 spiro atoms. The Morgan fingerprint density at radius 3 is 2.35 bits per heavy atom. The lowest BCUT2D eigenvalue weighted by Crippen LogP contribution is -2.40. The molecule has 1 heterocycles. The standard InChI is InChI=1S/C18H19NO3S/c1-14-9-11-15(12-10-14)18(20)17-8-5-13-19(17)23(21,22)16-6-3-2-4-7-16/h2-4,6-7,9-12,17H,5,8,13H2,1H3. The molecule has 0 aromatic heterocycles. The van der Waals surface area contributed by atoms with Gasteiger partial charge in [0.25, 0.3) is 0 Å². The van der Waals surface area contributed by atoms with Gasteiger partial charge in [0.15, 0.2) is 5.78 Å². The molecule has 0 bridgehead atoms. The summed E-state index contributed by atoms with van der Waals surface area (Å²) in [5.74, 6) is -0.123. The molecule has 0 saturated carbocycles. The number of benzene rings is 2. The lowest BCUT2D eigenvalue weighted by atomic mass is 10.0. The van der Waals surface area contributed by atoms with Crippen molar-refractivity contribution < 1.29 is 13.2 Å². The Bertz CT molecular complexity index is 798. The molecule has 1 aliphatic rings. The molecule has 3 rings (SSSR count). The van der Waals surface area contributed by atoms with Crippen LogP contribution in [-0.2, 0) is 10.0 Å². The summed E-state index contributed by atoms with van der Waals surface area (Å²) in [6.07, 6.45) is 1.27. The van der Waals surface area contributed by atoms with Crippen LogP contribution in [0.4, 0.5) is 0 Å². The molecular weight excluding hydrogens is 310 g/mol. The minimum atomic E-state index is -3.64. The van der Waals surface area contributed by atoms with Crippen molar-refractivity contribution in [2.24, 2.45) is 0 Å². The minimum Gasteiger partial charge on any atom is -0.292 e. The lowest BCUT2D eigenvalue weighted by Gasteiger charge is -2.23. The summed E-state index contributed by atoms with van der Waals surface area (Å²) in [5, 5.41) is 0. The van der Waals surface area contributed by atoms with E-state index in [1.54, 1.807) is 42.5 Å². The van der Waals surface area contributed by atoms with Crippen molar-refractivity contribution in [1.29, 1.82) is 0 Å². The molecule has 0 radical (unpaired) electrons. The monoisotopic (exact) mass is 329 g/mol. The van der Waals surface area contributed by atoms with E-state index in [1.165, 1.54) is 4.31 Å². The first kappa shape index (κ1) is 15.9. The van der Waals surface area contributed by atoms with Gasteiger partial charge in [0.2, 0.25) is 10.0 Å². The topological polar surface area (TPSA) is 54.5 Å². The van der Waals surface area contributed by atoms with Crippen LogP contribution in [0, 0.1) is 6.92 Å². The van der Waals surface area contributed by atoms with E-state index in [0.717, 1.165) is 5.56 Å². The maximum Gasteiger partial charge on any atom is 0.243 e. The van der Waals surface area contributed by atoms with Crippen LogP contribution in [0.3, 0.4) is 0 Å². The summed E-state index contributed by atoms with van der Waals surface area (Å²) in [6.45, 7) is 2.34. The summed E-state index contributed by atoms with van der Waals surface area (Å²) in [4.78, 5) is 13.0. The number of ketones is 1. The molecular formula is C18H19NO3S. The van der Waals surface area contributed by atoms with Crippen molar-refractivity contribution in [2.45, 2.75) is 30.7 Å². The second-order valence-corrected chi connectivity index (χ2v) is 7.71. The summed E-state index contributed by atoms with van der Waals surface area (Å²) in [5.41, 5.74) is 1.64. The highest BCUT2D eigenvalue weighted by Crippen LogP contribution is 2.28. The number of hydrogen-bond donors (Lipinski definition) is 0. The fourth-order valence-electron chi connectivity index (χ4n) is 2.93. The molecule has 1 unspecified atom stereocenters. The van der Waals surface area contributed by atoms with Gasteiger partial charge in [-0.25, -0.2) is 8.42 Å². The molecule has 5 heteroatoms. The average molecular weight is 329 g/mol. The number of rotatable bonds is 4. The zero-order chi connectivity index (χ0) is 16.4. The van der Waals surface area contributed by atoms with E-state index in [9.17, 15) is 13.2 Å². The first-order chi connectivity index (χ1) is 11.0. The molecule has 1 atom stereocenters. The Balaban J connectivity index is 1.91. The first-order valence-corrected chi connectivity index (χ1v) is 9.12. The van der Waals surface area contributed by atoms with Gasteiger partial charge >= 0.3 is 0 Å². The van der Waals surface area contributed by atoms with E-state index in [2.05, 4.69) is 0 Å². The van der Waals surface area contributed by atoms with Crippen LogP contribution in [-0.4, -0.2) is 31.1 Å². The third-order valence-corrected chi connectivity index (χ3v) is 6.11. The third-order valence-electron chi connectivity index (χ3n) is 4.19. The Kier molecular flexibility index (Phi) is 4.33. The second kappa shape index (κ2) is 6.26. The van der Waals surface area contributed by atoms with Gasteiger partial charge in [0, 0.05) is 12.1 Å². The van der Waals surface area contributed by atoms with E-state index in [4.69, 9.17) is 0 Å². The van der Waals surface area contributed by atoms with Crippen molar-refractivity contribution in [3.63, 3.8) is 0 Å². The summed E-state index contributed by atoms with van der Waals surface area (Å²) in [6, 6.07) is 15.0. The SMILES string of the molecule is Cc1ccc(C(=O)C2CCCN2S(=O)(=O)c2ccccc2)cc1. The maximum atomic E-state index is 12.8. The summed E-state index contributed by atoms with van der Waals surface area (Å²) < 4.78 is 27.0. The number of hydrogen-bond acceptors (Lipinski definition) is 3. The fraction of sp³-hybridized carbons (Fsp3) is 0.278. The quantitative estimate of drug-likeness (QED) is 0.810. The van der Waals surface area contributed by atoms with Gasteiger partial charge in [-0.05, 0) is 31.9 Å². The smallest absolute Gasteiger partial charge is 0.243 e. The number of nitrogens with zero attached hydrogens (tertiary/aromatic N) is 1. The van der Waals surface area contributed by atoms with E-state index in [1.807, 2.05) is 19.1 Å². The Morgan fingerprint density at radius 2 is 1.70 bits per heavy atom. The molecule has 4 nitrogen and oxygen atoms in total. The zero-order valence-corrected chi connectivity index (χ0v) is 13.8. The van der Waals surface area contributed by atoms with Gasteiger partial charge in [-0.2, -0.15) is 4.31 Å². The zero-order valence-electron chi connectivity index (χ0n) is 13.0. The van der Waals surface area contributed by atoms with Crippen molar-refractivity contribution in [3.05, 3.63) is 65.7 Å². The van der Waals surface area contributed by atoms with E-state index in [0.29, 0.717) is 24.9 Å². The number of carbonyl (C=O) groups is 1. The predicted octanol–water partition coefficient (Wildman–Crippen LogP) is 3.03. The Morgan fingerprint density at radius 1 is 1.04 bits per heavy atom. The highest BCUT2D eigenvalue weighted by atomic mass is 32.2.